The Labute approximate surface area is 247 Å². The van der Waals surface area contributed by atoms with Crippen LogP contribution < -0.4 is 0 Å². The van der Waals surface area contributed by atoms with Gasteiger partial charge in [-0.15, -0.1) is 0 Å². The summed E-state index contributed by atoms with van der Waals surface area (Å²) in [4.78, 5) is 11.0. The van der Waals surface area contributed by atoms with Crippen molar-refractivity contribution >= 4 is 0 Å². The van der Waals surface area contributed by atoms with Crippen molar-refractivity contribution in [1.29, 1.82) is 0 Å². The second-order valence-electron chi connectivity index (χ2n) is 12.2. The number of hydrogen-bond acceptors (Lipinski definition) is 2. The van der Waals surface area contributed by atoms with Crippen molar-refractivity contribution in [3.63, 3.8) is 0 Å². The Hall–Kier alpha value is -4.82. The normalized spacial score (nSPS) is 15.6. The molecule has 0 atom stereocenters. The van der Waals surface area contributed by atoms with E-state index in [0.29, 0.717) is 0 Å². The lowest BCUT2D eigenvalue weighted by Crippen LogP contribution is -2.43. The van der Waals surface area contributed by atoms with Crippen molar-refractivity contribution in [1.82, 2.24) is 9.97 Å². The van der Waals surface area contributed by atoms with Gasteiger partial charge < -0.3 is 0 Å². The van der Waals surface area contributed by atoms with Gasteiger partial charge in [-0.3, -0.25) is 9.97 Å². The topological polar surface area (TPSA) is 25.8 Å². The van der Waals surface area contributed by atoms with Crippen molar-refractivity contribution in [3.05, 3.63) is 178 Å². The summed E-state index contributed by atoms with van der Waals surface area (Å²) in [5.74, 6) is 0. The molecule has 4 aromatic carbocycles. The van der Waals surface area contributed by atoms with E-state index in [1.54, 1.807) is 0 Å². The summed E-state index contributed by atoms with van der Waals surface area (Å²) in [6, 6.07) is 48.7. The van der Waals surface area contributed by atoms with Gasteiger partial charge >= 0.3 is 0 Å². The van der Waals surface area contributed by atoms with E-state index in [1.807, 2.05) is 0 Å². The van der Waals surface area contributed by atoms with E-state index in [4.69, 9.17) is 9.97 Å². The lowest BCUT2D eigenvalue weighted by molar-refractivity contribution is 0.546. The van der Waals surface area contributed by atoms with Gasteiger partial charge in [0.1, 0.15) is 5.41 Å². The summed E-state index contributed by atoms with van der Waals surface area (Å²) in [5, 5.41) is 0. The average Bonchev–Trinajstić information content (AvgIpc) is 3.05. The molecule has 2 aromatic heterocycles. The van der Waals surface area contributed by atoms with E-state index >= 15 is 0 Å². The van der Waals surface area contributed by atoms with Crippen LogP contribution in [0.1, 0.15) is 58.6 Å². The highest BCUT2D eigenvalue weighted by Crippen LogP contribution is 2.55. The molecule has 0 saturated carbocycles. The zero-order valence-electron chi connectivity index (χ0n) is 24.0. The third kappa shape index (κ3) is 3.65. The number of aryl methyl sites for hydroxylation is 2. The molecule has 1 spiro atoms. The molecule has 8 rings (SSSR count). The maximum absolute atomic E-state index is 5.52. The van der Waals surface area contributed by atoms with E-state index in [9.17, 15) is 0 Å². The Morgan fingerprint density at radius 1 is 0.452 bits per heavy atom. The zero-order valence-corrected chi connectivity index (χ0v) is 24.0. The largest absolute Gasteiger partial charge is 0.251 e. The molecule has 0 fully saturated rings. The molecule has 2 nitrogen and oxygen atoms in total. The van der Waals surface area contributed by atoms with E-state index in [-0.39, 0.29) is 5.41 Å². The molecule has 2 heteroatoms. The first kappa shape index (κ1) is 24.9. The van der Waals surface area contributed by atoms with E-state index in [2.05, 4.69) is 147 Å². The van der Waals surface area contributed by atoms with Gasteiger partial charge in [0.2, 0.25) is 0 Å². The summed E-state index contributed by atoms with van der Waals surface area (Å²) in [7, 11) is 0. The monoisotopic (exact) mass is 540 g/mol. The standard InChI is InChI=1S/C40H32N2/c1-39(2)31-15-3-5-17-33(31)40(34-18-6-4-16-32(34)39)37-21-9-19-35(41-37)29-13-7-11-27(25-29)23-24-28-12-8-14-30(26-28)36-20-10-22-38(40)42-36/h3-22,25-26H,23-24H2,1-2H3. The molecule has 0 N–H and O–H groups in total. The molecule has 0 amide bonds. The van der Waals surface area contributed by atoms with E-state index in [1.165, 1.54) is 33.4 Å². The quantitative estimate of drug-likeness (QED) is 0.192. The van der Waals surface area contributed by atoms with Crippen LogP contribution in [0.4, 0.5) is 0 Å². The average molecular weight is 541 g/mol. The van der Waals surface area contributed by atoms with Crippen LogP contribution in [-0.2, 0) is 23.7 Å². The molecule has 0 saturated heterocycles. The third-order valence-corrected chi connectivity index (χ3v) is 9.42. The van der Waals surface area contributed by atoms with Crippen molar-refractivity contribution in [2.24, 2.45) is 0 Å². The SMILES string of the molecule is CC1(C)c2ccccc2C2(c3cccc(n3)-c3cccc(c3)CCc3cccc(c3)-c3cccc2n3)c2ccccc21. The van der Waals surface area contributed by atoms with Crippen LogP contribution in [-0.4, -0.2) is 9.97 Å². The summed E-state index contributed by atoms with van der Waals surface area (Å²) in [6.07, 6.45) is 1.95. The fourth-order valence-electron chi connectivity index (χ4n) is 7.35. The molecule has 202 valence electrons. The molecule has 6 aromatic rings. The molecular weight excluding hydrogens is 508 g/mol. The van der Waals surface area contributed by atoms with Gasteiger partial charge in [0.05, 0.1) is 22.8 Å². The Bertz CT molecular complexity index is 1840. The lowest BCUT2D eigenvalue weighted by atomic mass is 9.56. The first-order chi connectivity index (χ1) is 20.5. The molecule has 3 heterocycles. The minimum absolute atomic E-state index is 0.173. The molecule has 1 aliphatic carbocycles. The van der Waals surface area contributed by atoms with Gasteiger partial charge in [0, 0.05) is 16.5 Å². The fraction of sp³-hybridized carbons (Fsp3) is 0.150. The predicted molar refractivity (Wildman–Crippen MR) is 171 cm³/mol. The Kier molecular flexibility index (Phi) is 5.55. The fourth-order valence-corrected chi connectivity index (χ4v) is 7.35. The van der Waals surface area contributed by atoms with Gasteiger partial charge in [0.25, 0.3) is 0 Å². The van der Waals surface area contributed by atoms with Gasteiger partial charge in [-0.1, -0.05) is 111 Å². The van der Waals surface area contributed by atoms with E-state index < -0.39 is 5.41 Å². The highest BCUT2D eigenvalue weighted by Gasteiger charge is 2.50. The molecular formula is C40H32N2. The first-order valence-electron chi connectivity index (χ1n) is 14.9. The summed E-state index contributed by atoms with van der Waals surface area (Å²) >= 11 is 0. The van der Waals surface area contributed by atoms with Gasteiger partial charge in [-0.2, -0.15) is 0 Å². The van der Waals surface area contributed by atoms with Crippen molar-refractivity contribution < 1.29 is 0 Å². The lowest BCUT2D eigenvalue weighted by Gasteiger charge is -2.46. The molecule has 0 radical (unpaired) electrons. The maximum Gasteiger partial charge on any atom is 0.105 e. The summed E-state index contributed by atoms with van der Waals surface area (Å²) in [6.45, 7) is 4.68. The van der Waals surface area contributed by atoms with E-state index in [0.717, 1.165) is 46.7 Å². The van der Waals surface area contributed by atoms with Crippen LogP contribution >= 0.6 is 0 Å². The minimum Gasteiger partial charge on any atom is -0.251 e. The second-order valence-corrected chi connectivity index (χ2v) is 12.2. The number of nitrogens with zero attached hydrogens (tertiary/aromatic N) is 2. The minimum atomic E-state index is -0.690. The number of hydrogen-bond donors (Lipinski definition) is 0. The van der Waals surface area contributed by atoms with Gasteiger partial charge in [-0.25, -0.2) is 0 Å². The molecule has 2 aliphatic rings. The van der Waals surface area contributed by atoms with Crippen molar-refractivity contribution in [2.45, 2.75) is 37.5 Å². The summed E-state index contributed by atoms with van der Waals surface area (Å²) in [5.41, 5.74) is 13.1. The van der Waals surface area contributed by atoms with Crippen molar-refractivity contribution in [3.8, 4) is 22.5 Å². The molecule has 8 bridgehead atoms. The van der Waals surface area contributed by atoms with Crippen LogP contribution in [0.5, 0.6) is 0 Å². The number of rotatable bonds is 0. The number of fused-ring (bicyclic) bond motifs is 16. The van der Waals surface area contributed by atoms with Crippen LogP contribution in [0.3, 0.4) is 0 Å². The molecule has 1 aliphatic heterocycles. The number of pyridine rings is 2. The number of benzene rings is 4. The summed E-state index contributed by atoms with van der Waals surface area (Å²) < 4.78 is 0. The first-order valence-corrected chi connectivity index (χ1v) is 14.9. The van der Waals surface area contributed by atoms with Crippen LogP contribution in [0.25, 0.3) is 22.5 Å². The van der Waals surface area contributed by atoms with Gasteiger partial charge in [0.15, 0.2) is 0 Å². The van der Waals surface area contributed by atoms with Crippen LogP contribution in [0.2, 0.25) is 0 Å². The van der Waals surface area contributed by atoms with Crippen LogP contribution in [0.15, 0.2) is 133 Å². The Morgan fingerprint density at radius 3 is 1.36 bits per heavy atom. The Balaban J connectivity index is 1.54. The molecule has 42 heavy (non-hydrogen) atoms. The Morgan fingerprint density at radius 2 is 0.881 bits per heavy atom. The highest BCUT2D eigenvalue weighted by atomic mass is 14.8. The predicted octanol–water partition coefficient (Wildman–Crippen LogP) is 8.93. The van der Waals surface area contributed by atoms with Gasteiger partial charge in [-0.05, 0) is 82.6 Å². The van der Waals surface area contributed by atoms with Crippen LogP contribution in [0, 0.1) is 0 Å². The maximum atomic E-state index is 5.52. The number of aromatic nitrogens is 2. The second kappa shape index (κ2) is 9.36. The smallest absolute Gasteiger partial charge is 0.105 e. The zero-order chi connectivity index (χ0) is 28.3. The third-order valence-electron chi connectivity index (χ3n) is 9.42. The molecule has 0 unspecified atom stereocenters. The highest BCUT2D eigenvalue weighted by molar-refractivity contribution is 5.70. The van der Waals surface area contributed by atoms with Crippen molar-refractivity contribution in [2.75, 3.05) is 0 Å².